The molecule has 0 rings (SSSR count). The Morgan fingerprint density at radius 2 is 2.18 bits per heavy atom. The van der Waals surface area contributed by atoms with Crippen molar-refractivity contribution in [2.45, 2.75) is 45.2 Å². The van der Waals surface area contributed by atoms with Gasteiger partial charge < -0.3 is 21.0 Å². The predicted octanol–water partition coefficient (Wildman–Crippen LogP) is 0.338. The first kappa shape index (κ1) is 19.9. The number of carboxylic acid groups (broad SMARTS) is 1. The summed E-state index contributed by atoms with van der Waals surface area (Å²) in [5, 5.41) is 11.6. The van der Waals surface area contributed by atoms with Gasteiger partial charge in [-0.2, -0.15) is 0 Å². The van der Waals surface area contributed by atoms with Gasteiger partial charge >= 0.3 is 5.97 Å². The van der Waals surface area contributed by atoms with Crippen molar-refractivity contribution in [3.8, 4) is 0 Å². The van der Waals surface area contributed by atoms with Crippen LogP contribution in [0, 0.1) is 0 Å². The molecule has 0 aromatic carbocycles. The SMILES string of the molecule is CC(CNCCC=O)N=C=NC(C)(C)C(N)=NCCC(=O)O. The Labute approximate surface area is 130 Å². The lowest BCUT2D eigenvalue weighted by Gasteiger charge is -2.16. The largest absolute Gasteiger partial charge is 0.481 e. The maximum absolute atomic E-state index is 10.4. The van der Waals surface area contributed by atoms with Gasteiger partial charge in [-0.3, -0.25) is 9.79 Å². The van der Waals surface area contributed by atoms with E-state index in [0.717, 1.165) is 6.29 Å². The maximum atomic E-state index is 10.4. The van der Waals surface area contributed by atoms with Gasteiger partial charge in [0.1, 0.15) is 17.7 Å². The fourth-order valence-electron chi connectivity index (χ4n) is 1.29. The fraction of sp³-hybridized carbons (Fsp3) is 0.714. The van der Waals surface area contributed by atoms with Crippen molar-refractivity contribution in [2.24, 2.45) is 20.7 Å². The Kier molecular flexibility index (Phi) is 9.65. The molecule has 0 aromatic heterocycles. The summed E-state index contributed by atoms with van der Waals surface area (Å²) in [5.74, 6) is -0.677. The first-order valence-electron chi connectivity index (χ1n) is 7.13. The van der Waals surface area contributed by atoms with E-state index in [-0.39, 0.29) is 24.8 Å². The van der Waals surface area contributed by atoms with Gasteiger partial charge in [0.25, 0.3) is 0 Å². The summed E-state index contributed by atoms with van der Waals surface area (Å²) < 4.78 is 0. The molecular formula is C14H25N5O3. The molecule has 8 nitrogen and oxygen atoms in total. The number of carbonyl (C=O) groups excluding carboxylic acids is 1. The quantitative estimate of drug-likeness (QED) is 0.219. The molecule has 1 atom stereocenters. The summed E-state index contributed by atoms with van der Waals surface area (Å²) >= 11 is 0. The lowest BCUT2D eigenvalue weighted by atomic mass is 10.1. The molecule has 0 aliphatic rings. The Hall–Kier alpha value is -2.05. The van der Waals surface area contributed by atoms with Crippen LogP contribution in [0.25, 0.3) is 0 Å². The van der Waals surface area contributed by atoms with Gasteiger partial charge in [-0.25, -0.2) is 9.98 Å². The monoisotopic (exact) mass is 311 g/mol. The molecule has 22 heavy (non-hydrogen) atoms. The van der Waals surface area contributed by atoms with Gasteiger partial charge in [0.05, 0.1) is 25.0 Å². The number of nitrogens with two attached hydrogens (primary N) is 1. The number of amidine groups is 1. The van der Waals surface area contributed by atoms with Crippen LogP contribution in [0.3, 0.4) is 0 Å². The molecule has 0 saturated carbocycles. The van der Waals surface area contributed by atoms with Crippen molar-refractivity contribution in [2.75, 3.05) is 19.6 Å². The summed E-state index contributed by atoms with van der Waals surface area (Å²) in [6.45, 7) is 6.76. The Morgan fingerprint density at radius 3 is 2.77 bits per heavy atom. The number of carbonyl (C=O) groups is 2. The molecule has 1 unspecified atom stereocenters. The third-order valence-electron chi connectivity index (χ3n) is 2.72. The maximum Gasteiger partial charge on any atom is 0.305 e. The van der Waals surface area contributed by atoms with Crippen LogP contribution >= 0.6 is 0 Å². The van der Waals surface area contributed by atoms with Gasteiger partial charge in [-0.15, -0.1) is 0 Å². The van der Waals surface area contributed by atoms with Crippen LogP contribution < -0.4 is 11.1 Å². The molecule has 0 radical (unpaired) electrons. The molecule has 0 spiro atoms. The lowest BCUT2D eigenvalue weighted by molar-refractivity contribution is -0.136. The second kappa shape index (κ2) is 10.6. The molecule has 0 aliphatic carbocycles. The predicted molar refractivity (Wildman–Crippen MR) is 85.7 cm³/mol. The van der Waals surface area contributed by atoms with Gasteiger partial charge in [0.2, 0.25) is 0 Å². The second-order valence-electron chi connectivity index (χ2n) is 5.32. The van der Waals surface area contributed by atoms with E-state index in [1.807, 2.05) is 6.92 Å². The van der Waals surface area contributed by atoms with Crippen LogP contribution in [0.5, 0.6) is 0 Å². The van der Waals surface area contributed by atoms with E-state index >= 15 is 0 Å². The minimum Gasteiger partial charge on any atom is -0.481 e. The van der Waals surface area contributed by atoms with E-state index in [1.165, 1.54) is 0 Å². The highest BCUT2D eigenvalue weighted by atomic mass is 16.4. The molecule has 4 N–H and O–H groups in total. The average Bonchev–Trinajstić information content (AvgIpc) is 2.43. The zero-order chi connectivity index (χ0) is 17.0. The van der Waals surface area contributed by atoms with Crippen molar-refractivity contribution in [3.63, 3.8) is 0 Å². The highest BCUT2D eigenvalue weighted by Crippen LogP contribution is 2.08. The van der Waals surface area contributed by atoms with E-state index in [2.05, 4.69) is 26.3 Å². The number of aliphatic carboxylic acids is 1. The van der Waals surface area contributed by atoms with E-state index < -0.39 is 11.5 Å². The number of aldehydes is 1. The molecule has 124 valence electrons. The summed E-state index contributed by atoms with van der Waals surface area (Å²) in [6, 6.07) is 2.58. The molecule has 0 aromatic rings. The minimum absolute atomic E-state index is 0.0311. The third-order valence-corrected chi connectivity index (χ3v) is 2.72. The average molecular weight is 311 g/mol. The van der Waals surface area contributed by atoms with E-state index in [1.54, 1.807) is 13.8 Å². The number of carboxylic acids is 1. The van der Waals surface area contributed by atoms with Crippen molar-refractivity contribution in [1.82, 2.24) is 5.32 Å². The molecule has 0 saturated heterocycles. The van der Waals surface area contributed by atoms with E-state index in [4.69, 9.17) is 10.8 Å². The standard InChI is InChI=1S/C14H25N5O3/c1-11(9-16-6-4-8-20)18-10-19-14(2,3)13(15)17-7-5-12(21)22/h8,11,16H,4-7,9H2,1-3H3,(H2,15,17)(H,21,22). The van der Waals surface area contributed by atoms with Gasteiger partial charge in [0.15, 0.2) is 0 Å². The lowest BCUT2D eigenvalue weighted by Crippen LogP contribution is -2.36. The molecule has 0 aliphatic heterocycles. The van der Waals surface area contributed by atoms with Crippen LogP contribution in [0.4, 0.5) is 0 Å². The number of hydrogen-bond donors (Lipinski definition) is 3. The highest BCUT2D eigenvalue weighted by molar-refractivity contribution is 5.90. The van der Waals surface area contributed by atoms with Crippen LogP contribution in [-0.4, -0.2) is 60.4 Å². The number of hydrogen-bond acceptors (Lipinski definition) is 6. The summed E-state index contributed by atoms with van der Waals surface area (Å²) in [7, 11) is 0. The zero-order valence-corrected chi connectivity index (χ0v) is 13.4. The summed E-state index contributed by atoms with van der Waals surface area (Å²) in [4.78, 5) is 32.8. The van der Waals surface area contributed by atoms with Crippen molar-refractivity contribution in [3.05, 3.63) is 0 Å². The van der Waals surface area contributed by atoms with Gasteiger partial charge in [-0.1, -0.05) is 0 Å². The number of nitrogens with one attached hydrogen (secondary N) is 1. The molecule has 8 heteroatoms. The smallest absolute Gasteiger partial charge is 0.305 e. The topological polar surface area (TPSA) is 130 Å². The first-order valence-corrected chi connectivity index (χ1v) is 7.13. The molecule has 0 amide bonds. The third kappa shape index (κ3) is 9.79. The zero-order valence-electron chi connectivity index (χ0n) is 13.4. The van der Waals surface area contributed by atoms with Crippen molar-refractivity contribution < 1.29 is 14.7 Å². The Bertz CT molecular complexity index is 453. The Morgan fingerprint density at radius 1 is 1.50 bits per heavy atom. The van der Waals surface area contributed by atoms with Crippen LogP contribution in [-0.2, 0) is 9.59 Å². The minimum atomic E-state index is -0.921. The number of aliphatic imine (C=N–C) groups is 3. The van der Waals surface area contributed by atoms with Crippen LogP contribution in [0.2, 0.25) is 0 Å². The summed E-state index contributed by atoms with van der Waals surface area (Å²) in [6.07, 6.45) is 1.26. The molecule has 0 heterocycles. The highest BCUT2D eigenvalue weighted by Gasteiger charge is 2.21. The Balaban J connectivity index is 4.44. The summed E-state index contributed by atoms with van der Waals surface area (Å²) in [5.41, 5.74) is 5.02. The number of nitrogens with zero attached hydrogens (tertiary/aromatic N) is 3. The van der Waals surface area contributed by atoms with E-state index in [0.29, 0.717) is 19.5 Å². The van der Waals surface area contributed by atoms with Crippen LogP contribution in [0.1, 0.15) is 33.6 Å². The first-order chi connectivity index (χ1) is 10.3. The van der Waals surface area contributed by atoms with E-state index in [9.17, 15) is 9.59 Å². The normalized spacial score (nSPS) is 13.1. The second-order valence-corrected chi connectivity index (χ2v) is 5.32. The molecule has 0 bridgehead atoms. The molecule has 0 fully saturated rings. The van der Waals surface area contributed by atoms with Crippen molar-refractivity contribution >= 4 is 24.1 Å². The van der Waals surface area contributed by atoms with Gasteiger partial charge in [-0.05, 0) is 20.8 Å². The number of rotatable bonds is 11. The van der Waals surface area contributed by atoms with Crippen molar-refractivity contribution in [1.29, 1.82) is 0 Å². The fourth-order valence-corrected chi connectivity index (χ4v) is 1.29. The van der Waals surface area contributed by atoms with Crippen LogP contribution in [0.15, 0.2) is 15.0 Å². The molecular weight excluding hydrogens is 286 g/mol. The van der Waals surface area contributed by atoms with Gasteiger partial charge in [0, 0.05) is 19.5 Å².